The lowest BCUT2D eigenvalue weighted by Crippen LogP contribution is -2.44. The van der Waals surface area contributed by atoms with Crippen LogP contribution in [-0.4, -0.2) is 60.8 Å². The zero-order valence-corrected chi connectivity index (χ0v) is 26.8. The zero-order chi connectivity index (χ0) is 33.6. The van der Waals surface area contributed by atoms with Crippen molar-refractivity contribution in [2.24, 2.45) is 11.8 Å². The van der Waals surface area contributed by atoms with E-state index in [1.165, 1.54) is 0 Å². The van der Waals surface area contributed by atoms with Gasteiger partial charge in [-0.15, -0.1) is 13.2 Å². The Labute approximate surface area is 272 Å². The number of unbranched alkanes of at least 4 members (excludes halogenated alkanes) is 1. The maximum atomic E-state index is 13.3. The number of aliphatic hydroxyl groups is 1. The van der Waals surface area contributed by atoms with Gasteiger partial charge in [0.15, 0.2) is 0 Å². The van der Waals surface area contributed by atoms with E-state index in [0.717, 1.165) is 11.1 Å². The predicted molar refractivity (Wildman–Crippen MR) is 177 cm³/mol. The number of aliphatic hydroxyl groups excluding tert-OH is 1. The summed E-state index contributed by atoms with van der Waals surface area (Å²) in [7, 11) is 0. The Balaban J connectivity index is 1.98. The van der Waals surface area contributed by atoms with E-state index in [1.807, 2.05) is 60.7 Å². The average Bonchev–Trinajstić information content (AvgIpc) is 3.06. The first-order chi connectivity index (χ1) is 22.2. The van der Waals surface area contributed by atoms with E-state index in [-0.39, 0.29) is 50.4 Å². The highest BCUT2D eigenvalue weighted by atomic mass is 16.5. The molecular weight excluding hydrogens is 586 g/mol. The summed E-state index contributed by atoms with van der Waals surface area (Å²) in [5.41, 5.74) is 1.90. The number of amides is 3. The fourth-order valence-electron chi connectivity index (χ4n) is 4.75. The van der Waals surface area contributed by atoms with Gasteiger partial charge in [-0.3, -0.25) is 14.4 Å². The maximum Gasteiger partial charge on any atom is 0.407 e. The van der Waals surface area contributed by atoms with Gasteiger partial charge in [-0.1, -0.05) is 72.8 Å². The number of carbonyl (C=O) groups excluding carboxylic acids is 4. The van der Waals surface area contributed by atoms with Gasteiger partial charge in [0.1, 0.15) is 13.2 Å². The molecule has 10 heteroatoms. The molecule has 0 fully saturated rings. The van der Waals surface area contributed by atoms with Gasteiger partial charge >= 0.3 is 12.1 Å². The van der Waals surface area contributed by atoms with Gasteiger partial charge in [0.2, 0.25) is 11.8 Å². The van der Waals surface area contributed by atoms with Gasteiger partial charge in [0.05, 0.1) is 24.5 Å². The minimum atomic E-state index is -0.686. The number of allylic oxidation sites excluding steroid dienone is 2. The number of nitrogens with one attached hydrogen (secondary N) is 3. The molecule has 0 spiro atoms. The molecule has 0 radical (unpaired) electrons. The van der Waals surface area contributed by atoms with Crippen LogP contribution in [0.25, 0.3) is 0 Å². The fraction of sp³-hybridized carbons (Fsp3) is 0.444. The Hall–Kier alpha value is -4.44. The SMILES string of the molecule is C=CCC(CC(=O)NC(C)CO)C(=O)NC(CCCCNC(=O)OCc1ccccc1)COC(=O)C(CC=C)Cc1ccccc1. The summed E-state index contributed by atoms with van der Waals surface area (Å²) in [6, 6.07) is 18.1. The van der Waals surface area contributed by atoms with Crippen LogP contribution in [0.15, 0.2) is 86.0 Å². The largest absolute Gasteiger partial charge is 0.463 e. The molecule has 3 amide bonds. The third-order valence-corrected chi connectivity index (χ3v) is 7.28. The van der Waals surface area contributed by atoms with Crippen LogP contribution in [0.1, 0.15) is 56.6 Å². The number of rotatable bonds is 22. The Bertz CT molecular complexity index is 1220. The first-order valence-corrected chi connectivity index (χ1v) is 15.8. The third-order valence-electron chi connectivity index (χ3n) is 7.28. The van der Waals surface area contributed by atoms with Crippen LogP contribution in [0.2, 0.25) is 0 Å². The van der Waals surface area contributed by atoms with Crippen LogP contribution in [0.4, 0.5) is 4.79 Å². The maximum absolute atomic E-state index is 13.3. The Morgan fingerprint density at radius 1 is 0.848 bits per heavy atom. The number of hydrogen-bond donors (Lipinski definition) is 4. The smallest absolute Gasteiger partial charge is 0.407 e. The summed E-state index contributed by atoms with van der Waals surface area (Å²) < 4.78 is 11.0. The van der Waals surface area contributed by atoms with Crippen molar-refractivity contribution in [3.63, 3.8) is 0 Å². The van der Waals surface area contributed by atoms with Crippen molar-refractivity contribution in [2.75, 3.05) is 19.8 Å². The predicted octanol–water partition coefficient (Wildman–Crippen LogP) is 4.63. The second-order valence-corrected chi connectivity index (χ2v) is 11.3. The molecule has 0 bridgehead atoms. The molecule has 2 aromatic rings. The molecule has 250 valence electrons. The topological polar surface area (TPSA) is 143 Å². The standard InChI is InChI=1S/C36H49N3O7/c1-4-14-30(23-33(41)38-27(3)24-40)34(42)39-32(20-12-13-21-37-36(44)46-25-29-18-10-7-11-19-29)26-45-35(43)31(15-5-2)22-28-16-8-6-9-17-28/h4-11,16-19,27,30-32,40H,1-2,12-15,20-26H2,3H3,(H,37,44)(H,38,41)(H,39,42). The monoisotopic (exact) mass is 635 g/mol. The zero-order valence-electron chi connectivity index (χ0n) is 26.8. The molecule has 2 aromatic carbocycles. The van der Waals surface area contributed by atoms with E-state index < -0.39 is 30.0 Å². The van der Waals surface area contributed by atoms with Crippen molar-refractivity contribution in [1.29, 1.82) is 0 Å². The lowest BCUT2D eigenvalue weighted by Gasteiger charge is -2.24. The molecule has 0 aliphatic heterocycles. The van der Waals surface area contributed by atoms with Crippen molar-refractivity contribution >= 4 is 23.9 Å². The molecule has 0 heterocycles. The van der Waals surface area contributed by atoms with E-state index >= 15 is 0 Å². The number of carbonyl (C=O) groups is 4. The molecule has 0 aliphatic rings. The molecule has 2 rings (SSSR count). The number of benzene rings is 2. The van der Waals surface area contributed by atoms with Crippen LogP contribution < -0.4 is 16.0 Å². The molecule has 46 heavy (non-hydrogen) atoms. The highest BCUT2D eigenvalue weighted by Crippen LogP contribution is 2.16. The minimum Gasteiger partial charge on any atom is -0.463 e. The highest BCUT2D eigenvalue weighted by Gasteiger charge is 2.26. The van der Waals surface area contributed by atoms with Crippen LogP contribution in [0, 0.1) is 11.8 Å². The van der Waals surface area contributed by atoms with E-state index in [2.05, 4.69) is 29.1 Å². The molecule has 0 saturated carbocycles. The number of esters is 1. The van der Waals surface area contributed by atoms with E-state index in [9.17, 15) is 24.3 Å². The molecule has 4 unspecified atom stereocenters. The quantitative estimate of drug-likeness (QED) is 0.0840. The van der Waals surface area contributed by atoms with Gasteiger partial charge < -0.3 is 30.5 Å². The van der Waals surface area contributed by atoms with E-state index in [1.54, 1.807) is 19.1 Å². The lowest BCUT2D eigenvalue weighted by molar-refractivity contribution is -0.150. The van der Waals surface area contributed by atoms with Crippen LogP contribution in [0.3, 0.4) is 0 Å². The average molecular weight is 636 g/mol. The van der Waals surface area contributed by atoms with Gasteiger partial charge in [0.25, 0.3) is 0 Å². The van der Waals surface area contributed by atoms with Gasteiger partial charge in [-0.25, -0.2) is 4.79 Å². The summed E-state index contributed by atoms with van der Waals surface area (Å²) in [4.78, 5) is 51.0. The van der Waals surface area contributed by atoms with Crippen molar-refractivity contribution in [1.82, 2.24) is 16.0 Å². The summed E-state index contributed by atoms with van der Waals surface area (Å²) in [6.45, 7) is 9.45. The summed E-state index contributed by atoms with van der Waals surface area (Å²) in [5.74, 6) is -2.21. The lowest BCUT2D eigenvalue weighted by atomic mass is 9.96. The van der Waals surface area contributed by atoms with Crippen LogP contribution in [-0.2, 0) is 36.9 Å². The Kier molecular flexibility index (Phi) is 18.2. The summed E-state index contributed by atoms with van der Waals surface area (Å²) in [6.07, 6.45) is 5.57. The molecule has 10 nitrogen and oxygen atoms in total. The summed E-state index contributed by atoms with van der Waals surface area (Å²) >= 11 is 0. The van der Waals surface area contributed by atoms with E-state index in [0.29, 0.717) is 38.6 Å². The third kappa shape index (κ3) is 15.5. The fourth-order valence-corrected chi connectivity index (χ4v) is 4.75. The molecule has 0 aliphatic carbocycles. The number of hydrogen-bond acceptors (Lipinski definition) is 7. The molecular formula is C36H49N3O7. The second-order valence-electron chi connectivity index (χ2n) is 11.3. The Morgan fingerprint density at radius 2 is 1.48 bits per heavy atom. The second kappa shape index (κ2) is 22.1. The van der Waals surface area contributed by atoms with Crippen molar-refractivity contribution in [3.8, 4) is 0 Å². The van der Waals surface area contributed by atoms with Gasteiger partial charge in [0, 0.05) is 19.0 Å². The normalized spacial score (nSPS) is 13.3. The first kappa shape index (κ1) is 37.7. The summed E-state index contributed by atoms with van der Waals surface area (Å²) in [5, 5.41) is 17.6. The van der Waals surface area contributed by atoms with Crippen molar-refractivity contribution < 1.29 is 33.8 Å². The van der Waals surface area contributed by atoms with E-state index in [4.69, 9.17) is 9.47 Å². The first-order valence-electron chi connectivity index (χ1n) is 15.8. The molecule has 4 atom stereocenters. The molecule has 0 aromatic heterocycles. The molecule has 4 N–H and O–H groups in total. The number of ether oxygens (including phenoxy) is 2. The Morgan fingerprint density at radius 3 is 2.11 bits per heavy atom. The van der Waals surface area contributed by atoms with Gasteiger partial charge in [-0.2, -0.15) is 0 Å². The van der Waals surface area contributed by atoms with Crippen molar-refractivity contribution in [2.45, 2.75) is 70.6 Å². The van der Waals surface area contributed by atoms with Crippen LogP contribution >= 0.6 is 0 Å². The minimum absolute atomic E-state index is 0.0475. The highest BCUT2D eigenvalue weighted by molar-refractivity contribution is 5.86. The molecule has 0 saturated heterocycles. The number of alkyl carbamates (subject to hydrolysis) is 1. The van der Waals surface area contributed by atoms with Crippen LogP contribution in [0.5, 0.6) is 0 Å². The van der Waals surface area contributed by atoms with Crippen molar-refractivity contribution in [3.05, 3.63) is 97.1 Å². The van der Waals surface area contributed by atoms with Gasteiger partial charge in [-0.05, 0) is 56.6 Å².